The number of ether oxygens (including phenoxy) is 1. The Morgan fingerprint density at radius 3 is 3.00 bits per heavy atom. The minimum absolute atomic E-state index is 0.851. The molecule has 1 rings (SSSR count). The number of alkyl halides is 1. The van der Waals surface area contributed by atoms with E-state index in [0.29, 0.717) is 0 Å². The molecule has 1 unspecified atom stereocenters. The molecule has 0 aliphatic carbocycles. The van der Waals surface area contributed by atoms with E-state index in [9.17, 15) is 0 Å². The van der Waals surface area contributed by atoms with Crippen LogP contribution in [0.3, 0.4) is 0 Å². The topological polar surface area (TPSA) is 12.5 Å². The molecular weight excluding hydrogens is 230 g/mol. The van der Waals surface area contributed by atoms with Crippen LogP contribution in [0.2, 0.25) is 0 Å². The smallest absolute Gasteiger partial charge is 0.0478 e. The lowest BCUT2D eigenvalue weighted by atomic mass is 10.2. The molecule has 1 saturated heterocycles. The molecule has 0 N–H and O–H groups in total. The van der Waals surface area contributed by atoms with Crippen LogP contribution in [0, 0.1) is 5.92 Å². The first kappa shape index (κ1) is 11.5. The largest absolute Gasteiger partial charge is 0.382 e. The second-order valence-electron chi connectivity index (χ2n) is 3.66. The minimum atomic E-state index is 0.851. The highest BCUT2D eigenvalue weighted by Crippen LogP contribution is 2.17. The SMILES string of the molecule is CCOCCCN1CCC(CBr)C1. The summed E-state index contributed by atoms with van der Waals surface area (Å²) in [7, 11) is 0. The van der Waals surface area contributed by atoms with Crippen molar-refractivity contribution in [2.45, 2.75) is 19.8 Å². The summed E-state index contributed by atoms with van der Waals surface area (Å²) in [5.41, 5.74) is 0. The highest BCUT2D eigenvalue weighted by atomic mass is 79.9. The lowest BCUT2D eigenvalue weighted by Crippen LogP contribution is -2.23. The first-order chi connectivity index (χ1) is 6.36. The van der Waals surface area contributed by atoms with Crippen LogP contribution in [0.25, 0.3) is 0 Å². The van der Waals surface area contributed by atoms with Gasteiger partial charge in [0.2, 0.25) is 0 Å². The summed E-state index contributed by atoms with van der Waals surface area (Å²) in [5, 5.41) is 1.16. The summed E-state index contributed by atoms with van der Waals surface area (Å²) in [5.74, 6) is 0.882. The summed E-state index contributed by atoms with van der Waals surface area (Å²) in [6, 6.07) is 0. The number of hydrogen-bond acceptors (Lipinski definition) is 2. The van der Waals surface area contributed by atoms with Crippen molar-refractivity contribution in [2.75, 3.05) is 38.2 Å². The fraction of sp³-hybridized carbons (Fsp3) is 1.00. The third kappa shape index (κ3) is 4.43. The molecule has 0 saturated carbocycles. The molecule has 2 nitrogen and oxygen atoms in total. The number of halogens is 1. The lowest BCUT2D eigenvalue weighted by molar-refractivity contribution is 0.135. The van der Waals surface area contributed by atoms with Crippen LogP contribution in [-0.4, -0.2) is 43.1 Å². The van der Waals surface area contributed by atoms with Gasteiger partial charge in [0.1, 0.15) is 0 Å². The van der Waals surface area contributed by atoms with E-state index in [-0.39, 0.29) is 0 Å². The van der Waals surface area contributed by atoms with Crippen molar-refractivity contribution in [3.05, 3.63) is 0 Å². The summed E-state index contributed by atoms with van der Waals surface area (Å²) in [4.78, 5) is 2.55. The van der Waals surface area contributed by atoms with Gasteiger partial charge in [0.05, 0.1) is 0 Å². The maximum atomic E-state index is 5.31. The van der Waals surface area contributed by atoms with Gasteiger partial charge in [0.15, 0.2) is 0 Å². The van der Waals surface area contributed by atoms with Crippen LogP contribution in [0.15, 0.2) is 0 Å². The van der Waals surface area contributed by atoms with Crippen molar-refractivity contribution in [3.8, 4) is 0 Å². The first-order valence-electron chi connectivity index (χ1n) is 5.23. The molecule has 3 heteroatoms. The fourth-order valence-corrected chi connectivity index (χ4v) is 2.30. The van der Waals surface area contributed by atoms with Gasteiger partial charge in [-0.05, 0) is 32.2 Å². The van der Waals surface area contributed by atoms with Crippen LogP contribution in [-0.2, 0) is 4.74 Å². The Morgan fingerprint density at radius 1 is 1.54 bits per heavy atom. The summed E-state index contributed by atoms with van der Waals surface area (Å²) < 4.78 is 5.31. The minimum Gasteiger partial charge on any atom is -0.382 e. The predicted molar refractivity (Wildman–Crippen MR) is 59.5 cm³/mol. The van der Waals surface area contributed by atoms with Gasteiger partial charge in [-0.3, -0.25) is 0 Å². The average Bonchev–Trinajstić information content (AvgIpc) is 2.60. The van der Waals surface area contributed by atoms with E-state index in [2.05, 4.69) is 27.8 Å². The molecule has 0 aromatic rings. The van der Waals surface area contributed by atoms with Gasteiger partial charge < -0.3 is 9.64 Å². The van der Waals surface area contributed by atoms with Crippen LogP contribution in [0.4, 0.5) is 0 Å². The molecule has 0 aromatic heterocycles. The number of likely N-dealkylation sites (tertiary alicyclic amines) is 1. The van der Waals surface area contributed by atoms with E-state index in [0.717, 1.165) is 24.5 Å². The van der Waals surface area contributed by atoms with E-state index >= 15 is 0 Å². The Morgan fingerprint density at radius 2 is 2.38 bits per heavy atom. The Bertz CT molecular complexity index is 132. The van der Waals surface area contributed by atoms with Crippen LogP contribution < -0.4 is 0 Å². The number of hydrogen-bond donors (Lipinski definition) is 0. The molecule has 1 fully saturated rings. The Hall–Kier alpha value is 0.400. The normalized spacial score (nSPS) is 24.0. The second kappa shape index (κ2) is 6.80. The standard InChI is InChI=1S/C10H20BrNO/c1-2-13-7-3-5-12-6-4-10(8-11)9-12/h10H,2-9H2,1H3. The molecule has 0 bridgehead atoms. The molecule has 1 atom stereocenters. The van der Waals surface area contributed by atoms with Crippen molar-refractivity contribution < 1.29 is 4.74 Å². The molecule has 0 radical (unpaired) electrons. The average molecular weight is 250 g/mol. The van der Waals surface area contributed by atoms with Gasteiger partial charge in [0.25, 0.3) is 0 Å². The highest BCUT2D eigenvalue weighted by molar-refractivity contribution is 9.09. The molecule has 0 amide bonds. The van der Waals surface area contributed by atoms with Crippen molar-refractivity contribution in [1.82, 2.24) is 4.90 Å². The Kier molecular flexibility index (Phi) is 6.00. The predicted octanol–water partition coefficient (Wildman–Crippen LogP) is 2.13. The van der Waals surface area contributed by atoms with E-state index < -0.39 is 0 Å². The molecule has 78 valence electrons. The Labute approximate surface area is 89.8 Å². The van der Waals surface area contributed by atoms with Crippen molar-refractivity contribution in [1.29, 1.82) is 0 Å². The van der Waals surface area contributed by atoms with E-state index in [1.807, 2.05) is 0 Å². The molecule has 1 aliphatic heterocycles. The van der Waals surface area contributed by atoms with Gasteiger partial charge >= 0.3 is 0 Å². The zero-order valence-electron chi connectivity index (χ0n) is 8.47. The third-order valence-electron chi connectivity index (χ3n) is 2.56. The molecular formula is C10H20BrNO. The van der Waals surface area contributed by atoms with Gasteiger partial charge in [-0.2, -0.15) is 0 Å². The summed E-state index contributed by atoms with van der Waals surface area (Å²) in [6.45, 7) is 7.59. The van der Waals surface area contributed by atoms with Crippen LogP contribution in [0.1, 0.15) is 19.8 Å². The lowest BCUT2D eigenvalue weighted by Gasteiger charge is -2.14. The van der Waals surface area contributed by atoms with Crippen molar-refractivity contribution in [2.24, 2.45) is 5.92 Å². The van der Waals surface area contributed by atoms with E-state index in [1.54, 1.807) is 0 Å². The Balaban J connectivity index is 1.97. The summed E-state index contributed by atoms with van der Waals surface area (Å²) >= 11 is 3.55. The molecule has 0 spiro atoms. The second-order valence-corrected chi connectivity index (χ2v) is 4.31. The van der Waals surface area contributed by atoms with Crippen molar-refractivity contribution in [3.63, 3.8) is 0 Å². The fourth-order valence-electron chi connectivity index (χ4n) is 1.78. The van der Waals surface area contributed by atoms with Gasteiger partial charge in [-0.15, -0.1) is 0 Å². The van der Waals surface area contributed by atoms with Crippen LogP contribution in [0.5, 0.6) is 0 Å². The number of rotatable bonds is 6. The van der Waals surface area contributed by atoms with Crippen molar-refractivity contribution >= 4 is 15.9 Å². The molecule has 1 heterocycles. The van der Waals surface area contributed by atoms with Crippen LogP contribution >= 0.6 is 15.9 Å². The van der Waals surface area contributed by atoms with E-state index in [4.69, 9.17) is 4.74 Å². The van der Waals surface area contributed by atoms with E-state index in [1.165, 1.54) is 32.5 Å². The zero-order valence-corrected chi connectivity index (χ0v) is 10.1. The third-order valence-corrected chi connectivity index (χ3v) is 3.47. The monoisotopic (exact) mass is 249 g/mol. The highest BCUT2D eigenvalue weighted by Gasteiger charge is 2.20. The quantitative estimate of drug-likeness (QED) is 0.529. The van der Waals surface area contributed by atoms with Gasteiger partial charge in [-0.25, -0.2) is 0 Å². The maximum Gasteiger partial charge on any atom is 0.0478 e. The number of nitrogens with zero attached hydrogens (tertiary/aromatic N) is 1. The van der Waals surface area contributed by atoms with Gasteiger partial charge in [0, 0.05) is 31.6 Å². The molecule has 1 aliphatic rings. The maximum absolute atomic E-state index is 5.31. The molecule has 13 heavy (non-hydrogen) atoms. The van der Waals surface area contributed by atoms with Gasteiger partial charge in [-0.1, -0.05) is 15.9 Å². The zero-order chi connectivity index (χ0) is 9.52. The molecule has 0 aromatic carbocycles. The first-order valence-corrected chi connectivity index (χ1v) is 6.35. The summed E-state index contributed by atoms with van der Waals surface area (Å²) in [6.07, 6.45) is 2.54.